The second-order valence-corrected chi connectivity index (χ2v) is 8.23. The van der Waals surface area contributed by atoms with Gasteiger partial charge in [-0.25, -0.2) is 0 Å². The summed E-state index contributed by atoms with van der Waals surface area (Å²) >= 11 is 0. The lowest BCUT2D eigenvalue weighted by molar-refractivity contribution is -0.119. The van der Waals surface area contributed by atoms with E-state index in [1.54, 1.807) is 0 Å². The number of Topliss-reactive ketones (excluding diaryl/α,β-unsaturated/α-hetero) is 1. The zero-order valence-electron chi connectivity index (χ0n) is 19.0. The van der Waals surface area contributed by atoms with Gasteiger partial charge in [-0.15, -0.1) is 0 Å². The van der Waals surface area contributed by atoms with Crippen LogP contribution in [0, 0.1) is 0 Å². The third-order valence-corrected chi connectivity index (χ3v) is 4.88. The molecule has 0 rings (SSSR count). The van der Waals surface area contributed by atoms with Crippen LogP contribution in [0.5, 0.6) is 0 Å². The van der Waals surface area contributed by atoms with Crippen LogP contribution < -0.4 is 0 Å². The Hall–Kier alpha value is -1.37. The molecule has 0 aromatic rings. The van der Waals surface area contributed by atoms with Crippen LogP contribution in [0.25, 0.3) is 0 Å². The van der Waals surface area contributed by atoms with E-state index < -0.39 is 0 Å². The Kier molecular flexibility index (Phi) is 15.9. The summed E-state index contributed by atoms with van der Waals surface area (Å²) in [7, 11) is 0. The Bertz CT molecular complexity index is 524. The van der Waals surface area contributed by atoms with Gasteiger partial charge in [-0.3, -0.25) is 4.79 Å². The van der Waals surface area contributed by atoms with Gasteiger partial charge in [0.1, 0.15) is 5.78 Å². The van der Waals surface area contributed by atoms with Crippen LogP contribution in [0.4, 0.5) is 0 Å². The number of rotatable bonds is 15. The molecule has 27 heavy (non-hydrogen) atoms. The van der Waals surface area contributed by atoms with Crippen molar-refractivity contribution in [2.45, 2.75) is 112 Å². The molecule has 0 N–H and O–H groups in total. The number of allylic oxidation sites excluding steroid dienone is 8. The van der Waals surface area contributed by atoms with Gasteiger partial charge in [0.05, 0.1) is 0 Å². The van der Waals surface area contributed by atoms with Gasteiger partial charge in [0, 0.05) is 12.8 Å². The molecule has 0 unspecified atom stereocenters. The van der Waals surface area contributed by atoms with Crippen molar-refractivity contribution in [2.75, 3.05) is 0 Å². The first-order valence-electron chi connectivity index (χ1n) is 11.0. The topological polar surface area (TPSA) is 17.1 Å². The van der Waals surface area contributed by atoms with Gasteiger partial charge in [0.15, 0.2) is 0 Å². The fraction of sp³-hybridized carbons (Fsp3) is 0.654. The lowest BCUT2D eigenvalue weighted by Crippen LogP contribution is -1.96. The molecule has 0 aliphatic rings. The summed E-state index contributed by atoms with van der Waals surface area (Å²) in [5.74, 6) is 0.417. The van der Waals surface area contributed by atoms with Crippen molar-refractivity contribution in [2.24, 2.45) is 0 Å². The fourth-order valence-corrected chi connectivity index (χ4v) is 2.97. The standard InChI is InChI=1S/C26H44O/c1-7-8-20-26(27)21-12-19-25(6)18-11-17-24(5)16-10-15-23(4)14-9-13-22(2)3/h13,15,17,19H,7-12,14,16,18,20-21H2,1-6H3/b23-15+,24-17?,25-19+. The molecule has 0 atom stereocenters. The van der Waals surface area contributed by atoms with E-state index in [2.05, 4.69) is 65.8 Å². The zero-order valence-corrected chi connectivity index (χ0v) is 19.0. The molecule has 0 spiro atoms. The summed E-state index contributed by atoms with van der Waals surface area (Å²) in [5.41, 5.74) is 5.82. The van der Waals surface area contributed by atoms with Gasteiger partial charge in [-0.1, -0.05) is 59.9 Å². The van der Waals surface area contributed by atoms with Crippen LogP contribution >= 0.6 is 0 Å². The van der Waals surface area contributed by atoms with Crippen LogP contribution in [0.3, 0.4) is 0 Å². The predicted molar refractivity (Wildman–Crippen MR) is 122 cm³/mol. The monoisotopic (exact) mass is 372 g/mol. The highest BCUT2D eigenvalue weighted by Crippen LogP contribution is 2.14. The Morgan fingerprint density at radius 2 is 1.00 bits per heavy atom. The molecule has 0 aromatic heterocycles. The molecule has 0 saturated heterocycles. The normalized spacial score (nSPS) is 13.0. The SMILES string of the molecule is CCCCC(=O)CC/C=C(\C)CCC=C(C)CC/C=C(\C)CCC=C(C)C. The molecule has 1 nitrogen and oxygen atoms in total. The highest BCUT2D eigenvalue weighted by atomic mass is 16.1. The fourth-order valence-electron chi connectivity index (χ4n) is 2.97. The van der Waals surface area contributed by atoms with Crippen molar-refractivity contribution in [3.63, 3.8) is 0 Å². The van der Waals surface area contributed by atoms with Gasteiger partial charge in [-0.05, 0) is 86.0 Å². The van der Waals surface area contributed by atoms with E-state index in [1.807, 2.05) is 0 Å². The van der Waals surface area contributed by atoms with Crippen LogP contribution in [0.1, 0.15) is 112 Å². The molecular weight excluding hydrogens is 328 g/mol. The Labute approximate surface area is 169 Å². The maximum Gasteiger partial charge on any atom is 0.133 e. The predicted octanol–water partition coefficient (Wildman–Crippen LogP) is 8.67. The molecule has 154 valence electrons. The molecular formula is C26H44O. The van der Waals surface area contributed by atoms with Crippen LogP contribution in [-0.2, 0) is 4.79 Å². The Morgan fingerprint density at radius 1 is 0.593 bits per heavy atom. The molecule has 0 heterocycles. The van der Waals surface area contributed by atoms with E-state index in [9.17, 15) is 4.79 Å². The van der Waals surface area contributed by atoms with Gasteiger partial charge in [0.25, 0.3) is 0 Å². The Balaban J connectivity index is 3.98. The largest absolute Gasteiger partial charge is 0.300 e. The van der Waals surface area contributed by atoms with Gasteiger partial charge in [-0.2, -0.15) is 0 Å². The van der Waals surface area contributed by atoms with Crippen LogP contribution in [0.15, 0.2) is 46.6 Å². The van der Waals surface area contributed by atoms with E-state index in [0.717, 1.165) is 57.8 Å². The van der Waals surface area contributed by atoms with Gasteiger partial charge < -0.3 is 0 Å². The van der Waals surface area contributed by atoms with E-state index in [0.29, 0.717) is 12.2 Å². The molecule has 0 aliphatic heterocycles. The smallest absolute Gasteiger partial charge is 0.133 e. The molecule has 0 fully saturated rings. The van der Waals surface area contributed by atoms with Crippen molar-refractivity contribution in [3.8, 4) is 0 Å². The summed E-state index contributed by atoms with van der Waals surface area (Å²) in [4.78, 5) is 11.7. The molecule has 1 heteroatoms. The third kappa shape index (κ3) is 17.8. The highest BCUT2D eigenvalue weighted by Gasteiger charge is 1.99. The molecule has 0 saturated carbocycles. The third-order valence-electron chi connectivity index (χ3n) is 4.88. The lowest BCUT2D eigenvalue weighted by Gasteiger charge is -2.03. The summed E-state index contributed by atoms with van der Waals surface area (Å²) in [6.07, 6.45) is 20.8. The van der Waals surface area contributed by atoms with E-state index >= 15 is 0 Å². The second kappa shape index (κ2) is 16.8. The first-order chi connectivity index (χ1) is 12.8. The van der Waals surface area contributed by atoms with Crippen LogP contribution in [0.2, 0.25) is 0 Å². The number of hydrogen-bond donors (Lipinski definition) is 0. The van der Waals surface area contributed by atoms with E-state index in [4.69, 9.17) is 0 Å². The molecule has 0 radical (unpaired) electrons. The lowest BCUT2D eigenvalue weighted by atomic mass is 10.0. The van der Waals surface area contributed by atoms with Crippen molar-refractivity contribution in [3.05, 3.63) is 46.6 Å². The molecule has 0 amide bonds. The minimum atomic E-state index is 0.417. The maximum absolute atomic E-state index is 11.7. The van der Waals surface area contributed by atoms with E-state index in [-0.39, 0.29) is 0 Å². The van der Waals surface area contributed by atoms with Crippen molar-refractivity contribution in [1.29, 1.82) is 0 Å². The summed E-state index contributed by atoms with van der Waals surface area (Å²) in [6.45, 7) is 13.2. The van der Waals surface area contributed by atoms with Crippen LogP contribution in [-0.4, -0.2) is 5.78 Å². The average molecular weight is 373 g/mol. The Morgan fingerprint density at radius 3 is 1.41 bits per heavy atom. The number of hydrogen-bond acceptors (Lipinski definition) is 1. The average Bonchev–Trinajstić information content (AvgIpc) is 2.59. The van der Waals surface area contributed by atoms with E-state index in [1.165, 1.54) is 28.7 Å². The number of ketones is 1. The zero-order chi connectivity index (χ0) is 20.5. The first kappa shape index (κ1) is 25.6. The second-order valence-electron chi connectivity index (χ2n) is 8.23. The number of unbranched alkanes of at least 4 members (excludes halogenated alkanes) is 1. The van der Waals surface area contributed by atoms with Crippen molar-refractivity contribution >= 4 is 5.78 Å². The van der Waals surface area contributed by atoms with Crippen molar-refractivity contribution < 1.29 is 4.79 Å². The molecule has 0 aromatic carbocycles. The number of carbonyl (C=O) groups excluding carboxylic acids is 1. The van der Waals surface area contributed by atoms with Crippen molar-refractivity contribution in [1.82, 2.24) is 0 Å². The molecule has 0 bridgehead atoms. The van der Waals surface area contributed by atoms with Gasteiger partial charge in [0.2, 0.25) is 0 Å². The van der Waals surface area contributed by atoms with Gasteiger partial charge >= 0.3 is 0 Å². The maximum atomic E-state index is 11.7. The summed E-state index contributed by atoms with van der Waals surface area (Å²) in [6, 6.07) is 0. The first-order valence-corrected chi connectivity index (χ1v) is 11.0. The minimum absolute atomic E-state index is 0.417. The summed E-state index contributed by atoms with van der Waals surface area (Å²) < 4.78 is 0. The quantitative estimate of drug-likeness (QED) is 0.263. The number of carbonyl (C=O) groups is 1. The minimum Gasteiger partial charge on any atom is -0.300 e. The summed E-state index contributed by atoms with van der Waals surface area (Å²) in [5, 5.41) is 0. The highest BCUT2D eigenvalue weighted by molar-refractivity contribution is 5.78. The molecule has 0 aliphatic carbocycles.